The zero-order valence-electron chi connectivity index (χ0n) is 11.8. The summed E-state index contributed by atoms with van der Waals surface area (Å²) in [6.45, 7) is 2.65. The quantitative estimate of drug-likeness (QED) is 0.621. The molecule has 0 aliphatic carbocycles. The van der Waals surface area contributed by atoms with Gasteiger partial charge in [0.05, 0.1) is 5.52 Å². The summed E-state index contributed by atoms with van der Waals surface area (Å²) in [4.78, 5) is 4.33. The van der Waals surface area contributed by atoms with Crippen molar-refractivity contribution in [3.05, 3.63) is 71.4 Å². The van der Waals surface area contributed by atoms with Crippen LogP contribution in [0.5, 0.6) is 5.75 Å². The van der Waals surface area contributed by atoms with E-state index in [-0.39, 0.29) is 0 Å². The molecule has 0 bridgehead atoms. The lowest BCUT2D eigenvalue weighted by atomic mass is 10.1. The van der Waals surface area contributed by atoms with Gasteiger partial charge in [-0.25, -0.2) is 0 Å². The first-order chi connectivity index (χ1) is 10.3. The van der Waals surface area contributed by atoms with Crippen molar-refractivity contribution >= 4 is 26.8 Å². The van der Waals surface area contributed by atoms with Crippen LogP contribution in [0.2, 0.25) is 0 Å². The zero-order chi connectivity index (χ0) is 14.7. The van der Waals surface area contributed by atoms with E-state index < -0.39 is 0 Å². The predicted molar refractivity (Wildman–Crippen MR) is 89.9 cm³/mol. The normalized spacial score (nSPS) is 10.8. The van der Waals surface area contributed by atoms with Crippen molar-refractivity contribution in [1.82, 2.24) is 4.98 Å². The van der Waals surface area contributed by atoms with Crippen molar-refractivity contribution in [3.63, 3.8) is 0 Å². The molecule has 0 amide bonds. The maximum Gasteiger partial charge on any atom is 0.123 e. The SMILES string of the molecule is Cc1ccc(OCc2ccc3ncccc3c2)c(CBr)c1. The molecule has 106 valence electrons. The van der Waals surface area contributed by atoms with Gasteiger partial charge in [-0.1, -0.05) is 45.8 Å². The van der Waals surface area contributed by atoms with Crippen molar-refractivity contribution in [1.29, 1.82) is 0 Å². The Labute approximate surface area is 132 Å². The second-order valence-electron chi connectivity index (χ2n) is 5.06. The Morgan fingerprint density at radius 3 is 2.86 bits per heavy atom. The van der Waals surface area contributed by atoms with Gasteiger partial charge >= 0.3 is 0 Å². The van der Waals surface area contributed by atoms with Gasteiger partial charge in [0.2, 0.25) is 0 Å². The molecule has 0 radical (unpaired) electrons. The zero-order valence-corrected chi connectivity index (χ0v) is 13.4. The number of aryl methyl sites for hydroxylation is 1. The van der Waals surface area contributed by atoms with Gasteiger partial charge in [0.1, 0.15) is 12.4 Å². The first-order valence-corrected chi connectivity index (χ1v) is 8.00. The third-order valence-electron chi connectivity index (χ3n) is 3.42. The third kappa shape index (κ3) is 3.24. The van der Waals surface area contributed by atoms with Crippen LogP contribution in [-0.4, -0.2) is 4.98 Å². The lowest BCUT2D eigenvalue weighted by Gasteiger charge is -2.11. The van der Waals surface area contributed by atoms with E-state index >= 15 is 0 Å². The minimum Gasteiger partial charge on any atom is -0.489 e. The summed E-state index contributed by atoms with van der Waals surface area (Å²) >= 11 is 3.51. The van der Waals surface area contributed by atoms with E-state index in [9.17, 15) is 0 Å². The van der Waals surface area contributed by atoms with Crippen LogP contribution < -0.4 is 4.74 Å². The van der Waals surface area contributed by atoms with Crippen LogP contribution >= 0.6 is 15.9 Å². The van der Waals surface area contributed by atoms with Gasteiger partial charge in [-0.15, -0.1) is 0 Å². The molecule has 0 saturated carbocycles. The van der Waals surface area contributed by atoms with E-state index in [4.69, 9.17) is 4.74 Å². The molecule has 0 aliphatic heterocycles. The lowest BCUT2D eigenvalue weighted by Crippen LogP contribution is -1.98. The number of aromatic nitrogens is 1. The molecule has 1 heterocycles. The second-order valence-corrected chi connectivity index (χ2v) is 5.62. The number of benzene rings is 2. The monoisotopic (exact) mass is 341 g/mol. The number of alkyl halides is 1. The number of fused-ring (bicyclic) bond motifs is 1. The number of ether oxygens (including phenoxy) is 1. The molecule has 0 fully saturated rings. The first-order valence-electron chi connectivity index (χ1n) is 6.88. The van der Waals surface area contributed by atoms with Gasteiger partial charge in [0.25, 0.3) is 0 Å². The molecule has 1 aromatic heterocycles. The number of halogens is 1. The highest BCUT2D eigenvalue weighted by atomic mass is 79.9. The predicted octanol–water partition coefficient (Wildman–Crippen LogP) is 5.02. The molecule has 2 aromatic carbocycles. The molecule has 0 N–H and O–H groups in total. The van der Waals surface area contributed by atoms with Crippen LogP contribution in [0.25, 0.3) is 10.9 Å². The standard InChI is InChI=1S/C18H16BrNO/c1-13-4-7-18(16(9-13)11-19)21-12-14-5-6-17-15(10-14)3-2-8-20-17/h2-10H,11-12H2,1H3. The summed E-state index contributed by atoms with van der Waals surface area (Å²) in [6.07, 6.45) is 1.81. The molecule has 21 heavy (non-hydrogen) atoms. The Kier molecular flexibility index (Phi) is 4.20. The van der Waals surface area contributed by atoms with Gasteiger partial charge in [0.15, 0.2) is 0 Å². The van der Waals surface area contributed by atoms with E-state index in [1.807, 2.05) is 24.4 Å². The Hall–Kier alpha value is -1.87. The molecule has 3 heteroatoms. The minimum atomic E-state index is 0.563. The van der Waals surface area contributed by atoms with Gasteiger partial charge < -0.3 is 4.74 Å². The summed E-state index contributed by atoms with van der Waals surface area (Å²) in [6, 6.07) is 16.5. The van der Waals surface area contributed by atoms with Crippen molar-refractivity contribution in [3.8, 4) is 5.75 Å². The molecule has 0 aliphatic rings. The molecule has 0 saturated heterocycles. The van der Waals surface area contributed by atoms with Crippen molar-refractivity contribution in [2.45, 2.75) is 18.9 Å². The summed E-state index contributed by atoms with van der Waals surface area (Å²) in [7, 11) is 0. The summed E-state index contributed by atoms with van der Waals surface area (Å²) in [5, 5.41) is 1.94. The van der Waals surface area contributed by atoms with Gasteiger partial charge in [-0.3, -0.25) is 4.98 Å². The third-order valence-corrected chi connectivity index (χ3v) is 4.03. The highest BCUT2D eigenvalue weighted by Crippen LogP contribution is 2.24. The molecular weight excluding hydrogens is 326 g/mol. The largest absolute Gasteiger partial charge is 0.489 e. The molecule has 2 nitrogen and oxygen atoms in total. The first kappa shape index (κ1) is 14.1. The minimum absolute atomic E-state index is 0.563. The van der Waals surface area contributed by atoms with E-state index in [1.54, 1.807) is 0 Å². The maximum atomic E-state index is 5.97. The van der Waals surface area contributed by atoms with Gasteiger partial charge in [-0.05, 0) is 36.8 Å². The average Bonchev–Trinajstić information content (AvgIpc) is 2.53. The van der Waals surface area contributed by atoms with Gasteiger partial charge in [0, 0.05) is 22.5 Å². The molecule has 0 atom stereocenters. The smallest absolute Gasteiger partial charge is 0.123 e. The van der Waals surface area contributed by atoms with Crippen LogP contribution in [0, 0.1) is 6.92 Å². The van der Waals surface area contributed by atoms with Crippen molar-refractivity contribution in [2.75, 3.05) is 0 Å². The van der Waals surface area contributed by atoms with Crippen LogP contribution in [0.3, 0.4) is 0 Å². The Morgan fingerprint density at radius 2 is 2.00 bits per heavy atom. The fourth-order valence-electron chi connectivity index (χ4n) is 2.33. The number of nitrogens with zero attached hydrogens (tertiary/aromatic N) is 1. The van der Waals surface area contributed by atoms with Crippen LogP contribution in [0.15, 0.2) is 54.7 Å². The Morgan fingerprint density at radius 1 is 1.10 bits per heavy atom. The van der Waals surface area contributed by atoms with Crippen LogP contribution in [0.4, 0.5) is 0 Å². The van der Waals surface area contributed by atoms with Crippen molar-refractivity contribution in [2.24, 2.45) is 0 Å². The van der Waals surface area contributed by atoms with E-state index in [0.29, 0.717) is 6.61 Å². The van der Waals surface area contributed by atoms with Crippen LogP contribution in [0.1, 0.15) is 16.7 Å². The highest BCUT2D eigenvalue weighted by Gasteiger charge is 2.04. The van der Waals surface area contributed by atoms with E-state index in [1.165, 1.54) is 11.1 Å². The Balaban J connectivity index is 1.80. The lowest BCUT2D eigenvalue weighted by molar-refractivity contribution is 0.304. The number of pyridine rings is 1. The molecular formula is C18H16BrNO. The fourth-order valence-corrected chi connectivity index (χ4v) is 2.77. The number of hydrogen-bond donors (Lipinski definition) is 0. The Bertz CT molecular complexity index is 770. The average molecular weight is 342 g/mol. The van der Waals surface area contributed by atoms with Crippen LogP contribution in [-0.2, 0) is 11.9 Å². The summed E-state index contributed by atoms with van der Waals surface area (Å²) < 4.78 is 5.97. The maximum absolute atomic E-state index is 5.97. The molecule has 0 spiro atoms. The topological polar surface area (TPSA) is 22.1 Å². The summed E-state index contributed by atoms with van der Waals surface area (Å²) in [5.74, 6) is 0.934. The molecule has 3 aromatic rings. The molecule has 0 unspecified atom stereocenters. The number of hydrogen-bond acceptors (Lipinski definition) is 2. The highest BCUT2D eigenvalue weighted by molar-refractivity contribution is 9.08. The fraction of sp³-hybridized carbons (Fsp3) is 0.167. The van der Waals surface area contributed by atoms with E-state index in [0.717, 1.165) is 27.5 Å². The van der Waals surface area contributed by atoms with Gasteiger partial charge in [-0.2, -0.15) is 0 Å². The summed E-state index contributed by atoms with van der Waals surface area (Å²) in [5.41, 5.74) is 4.58. The second kappa shape index (κ2) is 6.27. The number of rotatable bonds is 4. The van der Waals surface area contributed by atoms with E-state index in [2.05, 4.69) is 58.2 Å². The van der Waals surface area contributed by atoms with Crippen molar-refractivity contribution < 1.29 is 4.74 Å². The molecule has 3 rings (SSSR count).